The minimum absolute atomic E-state index is 0.257. The average Bonchev–Trinajstić information content (AvgIpc) is 2.60. The third-order valence-corrected chi connectivity index (χ3v) is 4.47. The van der Waals surface area contributed by atoms with E-state index in [1.165, 1.54) is 23.3 Å². The number of benzene rings is 3. The molecule has 3 aromatic rings. The first kappa shape index (κ1) is 18.2. The van der Waals surface area contributed by atoms with Crippen LogP contribution in [0.5, 0.6) is 0 Å². The number of likely N-dealkylation sites (N-methyl/N-ethyl adjacent to an activating group) is 1. The molecule has 1 atom stereocenters. The van der Waals surface area contributed by atoms with Gasteiger partial charge in [-0.05, 0) is 35.0 Å². The van der Waals surface area contributed by atoms with Crippen LogP contribution in [0.3, 0.4) is 0 Å². The van der Waals surface area contributed by atoms with Crippen LogP contribution in [-0.2, 0) is 16.1 Å². The van der Waals surface area contributed by atoms with Gasteiger partial charge >= 0.3 is 5.97 Å². The molecule has 0 aliphatic carbocycles. The number of hydrogen-bond donors (Lipinski definition) is 0. The molecular weight excluding hydrogens is 321 g/mol. The van der Waals surface area contributed by atoms with Gasteiger partial charge in [-0.3, -0.25) is 9.69 Å². The number of carbonyl (C=O) groups is 1. The predicted molar refractivity (Wildman–Crippen MR) is 109 cm³/mol. The van der Waals surface area contributed by atoms with E-state index in [4.69, 9.17) is 4.74 Å². The molecule has 3 nitrogen and oxygen atoms in total. The van der Waals surface area contributed by atoms with E-state index >= 15 is 0 Å². The smallest absolute Gasteiger partial charge is 0.303 e. The Hall–Kier alpha value is -2.59. The number of nitrogens with zero attached hydrogens (tertiary/aromatic N) is 1. The minimum atomic E-state index is -0.285. The normalized spacial score (nSPS) is 12.3. The van der Waals surface area contributed by atoms with Gasteiger partial charge in [0, 0.05) is 20.0 Å². The van der Waals surface area contributed by atoms with Crippen molar-refractivity contribution >= 4 is 30.1 Å². The molecule has 3 aromatic carbocycles. The molecule has 0 saturated heterocycles. The van der Waals surface area contributed by atoms with Gasteiger partial charge in [0.15, 0.2) is 0 Å². The summed E-state index contributed by atoms with van der Waals surface area (Å²) < 4.78 is 5.64. The van der Waals surface area contributed by atoms with E-state index in [-0.39, 0.29) is 12.1 Å². The molecule has 0 heterocycles. The Morgan fingerprint density at radius 3 is 2.54 bits per heavy atom. The number of rotatable bonds is 6. The number of fused-ring (bicyclic) bond motifs is 1. The second-order valence-electron chi connectivity index (χ2n) is 6.89. The Bertz CT molecular complexity index is 909. The number of ether oxygens (including phenoxy) is 1. The van der Waals surface area contributed by atoms with Crippen molar-refractivity contribution in [2.24, 2.45) is 0 Å². The minimum Gasteiger partial charge on any atom is -0.456 e. The lowest BCUT2D eigenvalue weighted by Gasteiger charge is -2.24. The van der Waals surface area contributed by atoms with Crippen molar-refractivity contribution in [3.63, 3.8) is 0 Å². The molecule has 0 aliphatic rings. The highest BCUT2D eigenvalue weighted by molar-refractivity contribution is 6.32. The Balaban J connectivity index is 1.79. The van der Waals surface area contributed by atoms with Crippen LogP contribution >= 0.6 is 0 Å². The van der Waals surface area contributed by atoms with Crippen molar-refractivity contribution in [1.29, 1.82) is 0 Å². The summed E-state index contributed by atoms with van der Waals surface area (Å²) in [6.07, 6.45) is -0.285. The summed E-state index contributed by atoms with van der Waals surface area (Å²) in [5.41, 5.74) is 3.53. The van der Waals surface area contributed by atoms with E-state index in [9.17, 15) is 4.79 Å². The van der Waals surface area contributed by atoms with Crippen LogP contribution in [0.2, 0.25) is 0 Å². The van der Waals surface area contributed by atoms with Gasteiger partial charge < -0.3 is 4.74 Å². The van der Waals surface area contributed by atoms with E-state index < -0.39 is 0 Å². The highest BCUT2D eigenvalue weighted by Gasteiger charge is 2.18. The van der Waals surface area contributed by atoms with Gasteiger partial charge in [-0.15, -0.1) is 0 Å². The third-order valence-electron chi connectivity index (χ3n) is 4.47. The summed E-state index contributed by atoms with van der Waals surface area (Å²) in [4.78, 5) is 13.8. The summed E-state index contributed by atoms with van der Waals surface area (Å²) in [5.74, 6) is -0.257. The van der Waals surface area contributed by atoms with Gasteiger partial charge in [0.2, 0.25) is 0 Å². The lowest BCUT2D eigenvalue weighted by atomic mass is 9.94. The summed E-state index contributed by atoms with van der Waals surface area (Å²) in [6.45, 7) is 2.92. The van der Waals surface area contributed by atoms with Gasteiger partial charge in [0.05, 0.1) is 0 Å². The van der Waals surface area contributed by atoms with Crippen molar-refractivity contribution < 1.29 is 9.53 Å². The molecule has 0 saturated carbocycles. The maximum absolute atomic E-state index is 11.6. The zero-order chi connectivity index (χ0) is 18.5. The average molecular weight is 345 g/mol. The molecule has 0 spiro atoms. The quantitative estimate of drug-likeness (QED) is 0.508. The zero-order valence-electron chi connectivity index (χ0n) is 15.6. The maximum Gasteiger partial charge on any atom is 0.303 e. The molecule has 1 unspecified atom stereocenters. The SMILES string of the molecule is Bc1cccc(CN(C)CC(OC(C)=O)c2ccc3ccccc3c2)c1. The van der Waals surface area contributed by atoms with E-state index in [1.54, 1.807) is 0 Å². The fourth-order valence-electron chi connectivity index (χ4n) is 3.29. The highest BCUT2D eigenvalue weighted by Crippen LogP contribution is 2.24. The molecule has 0 amide bonds. The van der Waals surface area contributed by atoms with Crippen molar-refractivity contribution in [3.05, 3.63) is 77.9 Å². The van der Waals surface area contributed by atoms with Crippen LogP contribution in [0.25, 0.3) is 10.8 Å². The molecule has 0 bridgehead atoms. The second kappa shape index (κ2) is 8.20. The van der Waals surface area contributed by atoms with Gasteiger partial charge in [0.1, 0.15) is 14.0 Å². The van der Waals surface area contributed by atoms with Gasteiger partial charge in [0.25, 0.3) is 0 Å². The largest absolute Gasteiger partial charge is 0.456 e. The lowest BCUT2D eigenvalue weighted by Crippen LogP contribution is -2.27. The molecule has 4 heteroatoms. The zero-order valence-corrected chi connectivity index (χ0v) is 15.6. The molecule has 0 radical (unpaired) electrons. The Morgan fingerprint density at radius 1 is 1.04 bits per heavy atom. The molecule has 26 heavy (non-hydrogen) atoms. The highest BCUT2D eigenvalue weighted by atomic mass is 16.5. The number of esters is 1. The van der Waals surface area contributed by atoms with E-state index in [1.807, 2.05) is 12.1 Å². The van der Waals surface area contributed by atoms with Crippen molar-refractivity contribution in [1.82, 2.24) is 4.90 Å². The van der Waals surface area contributed by atoms with Crippen LogP contribution in [0.4, 0.5) is 0 Å². The molecule has 3 rings (SSSR count). The predicted octanol–water partition coefficient (Wildman–Crippen LogP) is 2.83. The standard InChI is InChI=1S/C22H24BNO2/c1-16(25)26-22(15-24(2)14-17-6-5-9-21(23)12-17)20-11-10-18-7-3-4-8-19(18)13-20/h3-13,22H,14-15,23H2,1-2H3. The van der Waals surface area contributed by atoms with Crippen LogP contribution in [0.1, 0.15) is 24.2 Å². The first-order chi connectivity index (χ1) is 12.5. The molecule has 0 aromatic heterocycles. The van der Waals surface area contributed by atoms with E-state index in [2.05, 4.69) is 74.4 Å². The molecule has 0 aliphatic heterocycles. The second-order valence-corrected chi connectivity index (χ2v) is 6.89. The van der Waals surface area contributed by atoms with E-state index in [0.29, 0.717) is 6.54 Å². The first-order valence-corrected chi connectivity index (χ1v) is 8.91. The van der Waals surface area contributed by atoms with Crippen LogP contribution < -0.4 is 5.46 Å². The molecule has 0 fully saturated rings. The Morgan fingerprint density at radius 2 is 1.81 bits per heavy atom. The fraction of sp³-hybridized carbons (Fsp3) is 0.227. The Labute approximate surface area is 156 Å². The van der Waals surface area contributed by atoms with Crippen LogP contribution in [0, 0.1) is 0 Å². The van der Waals surface area contributed by atoms with Gasteiger partial charge in [-0.2, -0.15) is 0 Å². The van der Waals surface area contributed by atoms with Gasteiger partial charge in [-0.1, -0.05) is 66.1 Å². The fourth-order valence-corrected chi connectivity index (χ4v) is 3.29. The third kappa shape index (κ3) is 4.74. The van der Waals surface area contributed by atoms with Crippen molar-refractivity contribution in [2.75, 3.05) is 13.6 Å². The van der Waals surface area contributed by atoms with Crippen molar-refractivity contribution in [2.45, 2.75) is 19.6 Å². The molecule has 0 N–H and O–H groups in total. The summed E-state index contributed by atoms with van der Waals surface area (Å²) in [6, 6.07) is 23.0. The maximum atomic E-state index is 11.6. The van der Waals surface area contributed by atoms with Crippen molar-refractivity contribution in [3.8, 4) is 0 Å². The number of hydrogen-bond acceptors (Lipinski definition) is 3. The van der Waals surface area contributed by atoms with Crippen LogP contribution in [0.15, 0.2) is 66.7 Å². The van der Waals surface area contributed by atoms with Gasteiger partial charge in [-0.25, -0.2) is 0 Å². The first-order valence-electron chi connectivity index (χ1n) is 8.91. The monoisotopic (exact) mass is 345 g/mol. The summed E-state index contributed by atoms with van der Waals surface area (Å²) in [5, 5.41) is 2.34. The summed E-state index contributed by atoms with van der Waals surface area (Å²) >= 11 is 0. The molecular formula is C22H24BNO2. The summed E-state index contributed by atoms with van der Waals surface area (Å²) in [7, 11) is 4.15. The Kier molecular flexibility index (Phi) is 5.74. The lowest BCUT2D eigenvalue weighted by molar-refractivity contribution is -0.147. The topological polar surface area (TPSA) is 29.5 Å². The van der Waals surface area contributed by atoms with E-state index in [0.717, 1.165) is 17.5 Å². The van der Waals surface area contributed by atoms with Crippen LogP contribution in [-0.4, -0.2) is 32.3 Å². The molecule has 132 valence electrons. The number of carbonyl (C=O) groups excluding carboxylic acids is 1.